The van der Waals surface area contributed by atoms with Gasteiger partial charge in [0, 0.05) is 5.39 Å². The molecular weight excluding hydrogens is 253 g/mol. The van der Waals surface area contributed by atoms with Crippen LogP contribution in [0.15, 0.2) is 36.4 Å². The Morgan fingerprint density at radius 3 is 2.35 bits per heavy atom. The highest BCUT2D eigenvalue weighted by Gasteiger charge is 2.38. The van der Waals surface area contributed by atoms with Crippen molar-refractivity contribution in [1.82, 2.24) is 4.98 Å². The molecule has 0 spiro atoms. The molecule has 0 aliphatic rings. The quantitative estimate of drug-likeness (QED) is 0.857. The van der Waals surface area contributed by atoms with Crippen LogP contribution in [0.4, 0.5) is 13.2 Å². The zero-order valence-electron chi connectivity index (χ0n) is 8.61. The molecular formula is C11H10ClF3N2. The molecule has 17 heavy (non-hydrogen) atoms. The minimum atomic E-state index is -4.46. The van der Waals surface area contributed by atoms with Crippen LogP contribution in [-0.4, -0.2) is 11.2 Å². The minimum absolute atomic E-state index is 0. The maximum absolute atomic E-state index is 12.4. The predicted molar refractivity (Wildman–Crippen MR) is 62.0 cm³/mol. The lowest BCUT2D eigenvalue weighted by atomic mass is 10.1. The van der Waals surface area contributed by atoms with Crippen molar-refractivity contribution in [2.45, 2.75) is 12.2 Å². The van der Waals surface area contributed by atoms with Gasteiger partial charge in [0.05, 0.1) is 11.2 Å². The van der Waals surface area contributed by atoms with Crippen LogP contribution in [0, 0.1) is 0 Å². The van der Waals surface area contributed by atoms with E-state index in [0.717, 1.165) is 5.39 Å². The summed E-state index contributed by atoms with van der Waals surface area (Å²) in [4.78, 5) is 3.90. The van der Waals surface area contributed by atoms with Crippen LogP contribution in [0.1, 0.15) is 11.7 Å². The summed E-state index contributed by atoms with van der Waals surface area (Å²) in [6.45, 7) is 0. The molecule has 92 valence electrons. The van der Waals surface area contributed by atoms with Gasteiger partial charge < -0.3 is 5.73 Å². The number of benzene rings is 1. The molecule has 0 unspecified atom stereocenters. The van der Waals surface area contributed by atoms with E-state index in [-0.39, 0.29) is 18.1 Å². The fraction of sp³-hybridized carbons (Fsp3) is 0.182. The first kappa shape index (κ1) is 13.7. The SMILES string of the molecule is Cl.N[C@@H](c1ccc2ccccc2n1)C(F)(F)F. The summed E-state index contributed by atoms with van der Waals surface area (Å²) in [6, 6.07) is 7.82. The average molecular weight is 263 g/mol. The molecule has 0 saturated heterocycles. The first-order valence-electron chi connectivity index (χ1n) is 4.66. The molecule has 0 aliphatic heterocycles. The van der Waals surface area contributed by atoms with Gasteiger partial charge in [0.2, 0.25) is 0 Å². The molecule has 1 atom stereocenters. The summed E-state index contributed by atoms with van der Waals surface area (Å²) in [5.74, 6) is 0. The molecule has 2 aromatic rings. The van der Waals surface area contributed by atoms with Gasteiger partial charge in [-0.25, -0.2) is 0 Å². The maximum atomic E-state index is 12.4. The summed E-state index contributed by atoms with van der Waals surface area (Å²) in [5, 5.41) is 0.792. The van der Waals surface area contributed by atoms with E-state index >= 15 is 0 Å². The molecule has 2 N–H and O–H groups in total. The van der Waals surface area contributed by atoms with E-state index in [1.54, 1.807) is 30.3 Å². The molecule has 1 heterocycles. The summed E-state index contributed by atoms with van der Waals surface area (Å²) in [6.07, 6.45) is -4.46. The number of para-hydroxylation sites is 1. The third-order valence-corrected chi connectivity index (χ3v) is 2.29. The largest absolute Gasteiger partial charge is 0.409 e. The van der Waals surface area contributed by atoms with Crippen molar-refractivity contribution in [1.29, 1.82) is 0 Å². The number of aromatic nitrogens is 1. The standard InChI is InChI=1S/C11H9F3N2.ClH/c12-11(13,14)10(15)9-6-5-7-3-1-2-4-8(7)16-9;/h1-6,10H,15H2;1H/t10-;/m0./s1. The van der Waals surface area contributed by atoms with Crippen LogP contribution in [0.3, 0.4) is 0 Å². The molecule has 2 rings (SSSR count). The summed E-state index contributed by atoms with van der Waals surface area (Å²) in [7, 11) is 0. The lowest BCUT2D eigenvalue weighted by Crippen LogP contribution is -2.29. The van der Waals surface area contributed by atoms with Gasteiger partial charge in [0.15, 0.2) is 0 Å². The van der Waals surface area contributed by atoms with Gasteiger partial charge in [-0.2, -0.15) is 13.2 Å². The van der Waals surface area contributed by atoms with Crippen molar-refractivity contribution < 1.29 is 13.2 Å². The van der Waals surface area contributed by atoms with E-state index in [1.807, 2.05) is 0 Å². The maximum Gasteiger partial charge on any atom is 0.409 e. The first-order valence-corrected chi connectivity index (χ1v) is 4.66. The van der Waals surface area contributed by atoms with E-state index in [0.29, 0.717) is 5.52 Å². The number of nitrogens with zero attached hydrogens (tertiary/aromatic N) is 1. The van der Waals surface area contributed by atoms with E-state index in [1.165, 1.54) is 6.07 Å². The second-order valence-corrected chi connectivity index (χ2v) is 3.45. The van der Waals surface area contributed by atoms with Gasteiger partial charge in [-0.15, -0.1) is 12.4 Å². The zero-order valence-corrected chi connectivity index (χ0v) is 9.42. The van der Waals surface area contributed by atoms with Gasteiger partial charge in [-0.3, -0.25) is 4.98 Å². The second kappa shape index (κ2) is 4.89. The lowest BCUT2D eigenvalue weighted by molar-refractivity contribution is -0.149. The smallest absolute Gasteiger partial charge is 0.315 e. The number of hydrogen-bond donors (Lipinski definition) is 1. The van der Waals surface area contributed by atoms with Crippen molar-refractivity contribution in [3.8, 4) is 0 Å². The first-order chi connectivity index (χ1) is 7.48. The molecule has 0 radical (unpaired) electrons. The van der Waals surface area contributed by atoms with Crippen LogP contribution < -0.4 is 5.73 Å². The van der Waals surface area contributed by atoms with E-state index in [9.17, 15) is 13.2 Å². The number of halogens is 4. The molecule has 1 aromatic heterocycles. The number of fused-ring (bicyclic) bond motifs is 1. The van der Waals surface area contributed by atoms with Gasteiger partial charge in [-0.1, -0.05) is 24.3 Å². The Bertz CT molecular complexity index is 513. The highest BCUT2D eigenvalue weighted by molar-refractivity contribution is 5.85. The normalized spacial score (nSPS) is 13.2. The van der Waals surface area contributed by atoms with E-state index < -0.39 is 12.2 Å². The highest BCUT2D eigenvalue weighted by Crippen LogP contribution is 2.30. The van der Waals surface area contributed by atoms with Crippen LogP contribution in [0.5, 0.6) is 0 Å². The number of rotatable bonds is 1. The van der Waals surface area contributed by atoms with Gasteiger partial charge in [-0.05, 0) is 12.1 Å². The van der Waals surface area contributed by atoms with Crippen LogP contribution in [0.25, 0.3) is 10.9 Å². The summed E-state index contributed by atoms with van der Waals surface area (Å²) >= 11 is 0. The molecule has 0 saturated carbocycles. The van der Waals surface area contributed by atoms with Gasteiger partial charge in [0.1, 0.15) is 6.04 Å². The summed E-state index contributed by atoms with van der Waals surface area (Å²) < 4.78 is 37.1. The number of alkyl halides is 3. The molecule has 0 aliphatic carbocycles. The number of pyridine rings is 1. The Labute approximate surface area is 102 Å². The Morgan fingerprint density at radius 1 is 1.06 bits per heavy atom. The van der Waals surface area contributed by atoms with Crippen molar-refractivity contribution in [3.63, 3.8) is 0 Å². The van der Waals surface area contributed by atoms with Gasteiger partial charge >= 0.3 is 6.18 Å². The lowest BCUT2D eigenvalue weighted by Gasteiger charge is -2.15. The number of nitrogens with two attached hydrogens (primary N) is 1. The predicted octanol–water partition coefficient (Wildman–Crippen LogP) is 3.22. The highest BCUT2D eigenvalue weighted by atomic mass is 35.5. The van der Waals surface area contributed by atoms with E-state index in [2.05, 4.69) is 4.98 Å². The Kier molecular flexibility index (Phi) is 3.95. The molecule has 0 fully saturated rings. The third kappa shape index (κ3) is 2.87. The molecule has 0 bridgehead atoms. The van der Waals surface area contributed by atoms with Crippen LogP contribution >= 0.6 is 12.4 Å². The fourth-order valence-electron chi connectivity index (χ4n) is 1.42. The van der Waals surface area contributed by atoms with Gasteiger partial charge in [0.25, 0.3) is 0 Å². The number of hydrogen-bond acceptors (Lipinski definition) is 2. The Hall–Kier alpha value is -1.33. The van der Waals surface area contributed by atoms with Crippen molar-refractivity contribution in [2.24, 2.45) is 5.73 Å². The molecule has 0 amide bonds. The third-order valence-electron chi connectivity index (χ3n) is 2.29. The second-order valence-electron chi connectivity index (χ2n) is 3.45. The van der Waals surface area contributed by atoms with Crippen LogP contribution in [0.2, 0.25) is 0 Å². The molecule has 1 aromatic carbocycles. The Balaban J connectivity index is 0.00000144. The van der Waals surface area contributed by atoms with Crippen molar-refractivity contribution in [2.75, 3.05) is 0 Å². The van der Waals surface area contributed by atoms with Crippen molar-refractivity contribution >= 4 is 23.3 Å². The fourth-order valence-corrected chi connectivity index (χ4v) is 1.42. The summed E-state index contributed by atoms with van der Waals surface area (Å²) in [5.41, 5.74) is 5.43. The monoisotopic (exact) mass is 262 g/mol. The average Bonchev–Trinajstić information content (AvgIpc) is 2.26. The Morgan fingerprint density at radius 2 is 1.71 bits per heavy atom. The topological polar surface area (TPSA) is 38.9 Å². The van der Waals surface area contributed by atoms with E-state index in [4.69, 9.17) is 5.73 Å². The zero-order chi connectivity index (χ0) is 11.8. The van der Waals surface area contributed by atoms with Crippen molar-refractivity contribution in [3.05, 3.63) is 42.1 Å². The minimum Gasteiger partial charge on any atom is -0.315 e. The molecule has 6 heteroatoms. The molecule has 2 nitrogen and oxygen atoms in total. The van der Waals surface area contributed by atoms with Crippen LogP contribution in [-0.2, 0) is 0 Å².